The first-order chi connectivity index (χ1) is 5.68. The van der Waals surface area contributed by atoms with Gasteiger partial charge in [0.05, 0.1) is 8.49 Å². The Hall–Kier alpha value is -0.390. The van der Waals surface area contributed by atoms with Crippen molar-refractivity contribution in [3.05, 3.63) is 20.1 Å². The van der Waals surface area contributed by atoms with Gasteiger partial charge in [-0.05, 0) is 22.0 Å². The second kappa shape index (κ2) is 2.83. The number of fused-ring (bicyclic) bond motifs is 1. The monoisotopic (exact) mass is 262 g/mol. The van der Waals surface area contributed by atoms with E-state index in [4.69, 9.17) is 5.11 Å². The minimum Gasteiger partial charge on any atom is -0.477 e. The molecule has 0 aliphatic rings. The van der Waals surface area contributed by atoms with E-state index < -0.39 is 5.97 Å². The van der Waals surface area contributed by atoms with Gasteiger partial charge in [0.15, 0.2) is 0 Å². The highest BCUT2D eigenvalue weighted by Crippen LogP contribution is 2.36. The summed E-state index contributed by atoms with van der Waals surface area (Å²) in [5.74, 6) is -0.854. The van der Waals surface area contributed by atoms with E-state index in [-0.39, 0.29) is 0 Å². The van der Waals surface area contributed by atoms with Gasteiger partial charge in [0.1, 0.15) is 4.88 Å². The van der Waals surface area contributed by atoms with Gasteiger partial charge in [0.2, 0.25) is 0 Å². The Balaban J connectivity index is 2.70. The molecule has 5 heteroatoms. The lowest BCUT2D eigenvalue weighted by molar-refractivity contribution is 0.0702. The van der Waals surface area contributed by atoms with Crippen molar-refractivity contribution < 1.29 is 9.90 Å². The predicted molar refractivity (Wildman–Crippen MR) is 54.4 cm³/mol. The molecule has 0 bridgehead atoms. The quantitative estimate of drug-likeness (QED) is 0.855. The predicted octanol–water partition coefficient (Wildman–Crippen LogP) is 3.42. The van der Waals surface area contributed by atoms with Crippen LogP contribution in [0.25, 0.3) is 10.1 Å². The molecule has 0 atom stereocenters. The molecule has 0 unspecified atom stereocenters. The number of hydrogen-bond acceptors (Lipinski definition) is 3. The Kier molecular flexibility index (Phi) is 1.94. The van der Waals surface area contributed by atoms with Crippen LogP contribution in [-0.4, -0.2) is 11.1 Å². The summed E-state index contributed by atoms with van der Waals surface area (Å²) in [7, 11) is 0. The summed E-state index contributed by atoms with van der Waals surface area (Å²) < 4.78 is 2.03. The van der Waals surface area contributed by atoms with Crippen molar-refractivity contribution >= 4 is 54.7 Å². The molecule has 2 heterocycles. The summed E-state index contributed by atoms with van der Waals surface area (Å²) in [6.45, 7) is 0. The standard InChI is InChI=1S/C7H3BrO2S2/c8-6-5-3(2-11-6)1-4(12-5)7(9)10/h1-2H,(H,9,10). The molecule has 0 fully saturated rings. The van der Waals surface area contributed by atoms with Crippen molar-refractivity contribution in [3.63, 3.8) is 0 Å². The van der Waals surface area contributed by atoms with Crippen LogP contribution in [0.15, 0.2) is 15.2 Å². The lowest BCUT2D eigenvalue weighted by Crippen LogP contribution is -1.89. The van der Waals surface area contributed by atoms with Crippen LogP contribution in [0.5, 0.6) is 0 Å². The maximum Gasteiger partial charge on any atom is 0.345 e. The van der Waals surface area contributed by atoms with Gasteiger partial charge < -0.3 is 5.11 Å². The van der Waals surface area contributed by atoms with E-state index in [9.17, 15) is 4.79 Å². The molecule has 2 nitrogen and oxygen atoms in total. The van der Waals surface area contributed by atoms with Crippen molar-refractivity contribution in [2.24, 2.45) is 0 Å². The van der Waals surface area contributed by atoms with E-state index in [1.165, 1.54) is 11.3 Å². The van der Waals surface area contributed by atoms with Crippen LogP contribution in [0.2, 0.25) is 0 Å². The average molecular weight is 263 g/mol. The number of carboxylic acid groups (broad SMARTS) is 1. The Morgan fingerprint density at radius 1 is 1.58 bits per heavy atom. The number of rotatable bonds is 1. The summed E-state index contributed by atoms with van der Waals surface area (Å²) in [6, 6.07) is 1.70. The highest BCUT2D eigenvalue weighted by molar-refractivity contribution is 9.11. The third-order valence-corrected chi connectivity index (χ3v) is 4.73. The molecular formula is C7H3BrO2S2. The summed E-state index contributed by atoms with van der Waals surface area (Å²) in [4.78, 5) is 11.0. The molecule has 62 valence electrons. The lowest BCUT2D eigenvalue weighted by Gasteiger charge is -1.81. The second-order valence-electron chi connectivity index (χ2n) is 2.21. The molecule has 0 amide bonds. The van der Waals surface area contributed by atoms with E-state index in [1.807, 2.05) is 5.38 Å². The Labute approximate surface area is 84.6 Å². The maximum absolute atomic E-state index is 10.6. The zero-order valence-corrected chi connectivity index (χ0v) is 8.92. The molecule has 12 heavy (non-hydrogen) atoms. The molecule has 0 aliphatic carbocycles. The summed E-state index contributed by atoms with van der Waals surface area (Å²) in [5.41, 5.74) is 0. The van der Waals surface area contributed by atoms with Crippen molar-refractivity contribution in [3.8, 4) is 0 Å². The first-order valence-electron chi connectivity index (χ1n) is 3.08. The largest absolute Gasteiger partial charge is 0.477 e. The van der Waals surface area contributed by atoms with Crippen LogP contribution in [0.1, 0.15) is 9.67 Å². The van der Waals surface area contributed by atoms with Crippen LogP contribution in [0.4, 0.5) is 0 Å². The van der Waals surface area contributed by atoms with Gasteiger partial charge in [-0.2, -0.15) is 0 Å². The third-order valence-electron chi connectivity index (χ3n) is 1.44. The van der Waals surface area contributed by atoms with Crippen molar-refractivity contribution in [1.82, 2.24) is 0 Å². The van der Waals surface area contributed by atoms with E-state index in [1.54, 1.807) is 17.4 Å². The van der Waals surface area contributed by atoms with E-state index >= 15 is 0 Å². The zero-order chi connectivity index (χ0) is 8.72. The molecule has 2 rings (SSSR count). The fourth-order valence-electron chi connectivity index (χ4n) is 0.920. The Bertz CT molecular complexity index is 443. The van der Waals surface area contributed by atoms with Gasteiger partial charge in [-0.3, -0.25) is 0 Å². The van der Waals surface area contributed by atoms with Crippen LogP contribution >= 0.6 is 38.6 Å². The molecule has 2 aromatic heterocycles. The molecule has 0 saturated heterocycles. The maximum atomic E-state index is 10.6. The van der Waals surface area contributed by atoms with Gasteiger partial charge in [-0.15, -0.1) is 22.7 Å². The molecule has 2 aromatic rings. The Morgan fingerprint density at radius 3 is 2.92 bits per heavy atom. The zero-order valence-electron chi connectivity index (χ0n) is 5.70. The van der Waals surface area contributed by atoms with Crippen LogP contribution in [-0.2, 0) is 0 Å². The average Bonchev–Trinajstić information content (AvgIpc) is 2.53. The summed E-state index contributed by atoms with van der Waals surface area (Å²) >= 11 is 6.25. The van der Waals surface area contributed by atoms with Crippen molar-refractivity contribution in [1.29, 1.82) is 0 Å². The number of aromatic carboxylic acids is 1. The van der Waals surface area contributed by atoms with Crippen LogP contribution in [0.3, 0.4) is 0 Å². The molecule has 0 saturated carbocycles. The van der Waals surface area contributed by atoms with Crippen LogP contribution in [0, 0.1) is 0 Å². The highest BCUT2D eigenvalue weighted by atomic mass is 79.9. The van der Waals surface area contributed by atoms with Gasteiger partial charge in [0.25, 0.3) is 0 Å². The number of hydrogen-bond donors (Lipinski definition) is 1. The topological polar surface area (TPSA) is 37.3 Å². The first kappa shape index (κ1) is 8.22. The van der Waals surface area contributed by atoms with Gasteiger partial charge >= 0.3 is 5.97 Å². The summed E-state index contributed by atoms with van der Waals surface area (Å²) in [5, 5.41) is 11.6. The molecule has 0 aliphatic heterocycles. The van der Waals surface area contributed by atoms with E-state index in [0.29, 0.717) is 4.88 Å². The molecule has 0 aromatic carbocycles. The minimum atomic E-state index is -0.854. The van der Waals surface area contributed by atoms with Gasteiger partial charge in [-0.1, -0.05) is 0 Å². The fourth-order valence-corrected chi connectivity index (χ4v) is 3.47. The second-order valence-corrected chi connectivity index (χ2v) is 5.46. The SMILES string of the molecule is O=C(O)c1cc2csc(Br)c2s1. The number of thiophene rings is 2. The van der Waals surface area contributed by atoms with Crippen molar-refractivity contribution in [2.45, 2.75) is 0 Å². The van der Waals surface area contributed by atoms with Gasteiger partial charge in [0, 0.05) is 10.8 Å². The highest BCUT2D eigenvalue weighted by Gasteiger charge is 2.11. The fraction of sp³-hybridized carbons (Fsp3) is 0. The Morgan fingerprint density at radius 2 is 2.33 bits per heavy atom. The molecule has 0 radical (unpaired) electrons. The number of halogens is 1. The summed E-state index contributed by atoms with van der Waals surface area (Å²) in [6.07, 6.45) is 0. The smallest absolute Gasteiger partial charge is 0.345 e. The van der Waals surface area contributed by atoms with E-state index in [2.05, 4.69) is 15.9 Å². The number of carbonyl (C=O) groups is 1. The molecule has 1 N–H and O–H groups in total. The lowest BCUT2D eigenvalue weighted by atomic mass is 10.4. The number of carboxylic acids is 1. The van der Waals surface area contributed by atoms with Crippen LogP contribution < -0.4 is 0 Å². The van der Waals surface area contributed by atoms with Crippen molar-refractivity contribution in [2.75, 3.05) is 0 Å². The minimum absolute atomic E-state index is 0.397. The molecular weight excluding hydrogens is 260 g/mol. The van der Waals surface area contributed by atoms with Gasteiger partial charge in [-0.25, -0.2) is 4.79 Å². The van der Waals surface area contributed by atoms with E-state index in [0.717, 1.165) is 13.9 Å². The third kappa shape index (κ3) is 1.18. The first-order valence-corrected chi connectivity index (χ1v) is 5.57. The normalized spacial score (nSPS) is 10.8. The molecule has 0 spiro atoms.